The molecule has 1 aliphatic rings. The second-order valence-corrected chi connectivity index (χ2v) is 6.52. The second kappa shape index (κ2) is 7.09. The van der Waals surface area contributed by atoms with Gasteiger partial charge in [-0.05, 0) is 43.9 Å². The molecule has 3 rings (SSSR count). The fourth-order valence-electron chi connectivity index (χ4n) is 3.17. The Labute approximate surface area is 147 Å². The van der Waals surface area contributed by atoms with Gasteiger partial charge in [-0.2, -0.15) is 0 Å². The van der Waals surface area contributed by atoms with Gasteiger partial charge in [0.05, 0.1) is 11.6 Å². The molecule has 0 saturated heterocycles. The molecule has 25 heavy (non-hydrogen) atoms. The van der Waals surface area contributed by atoms with E-state index in [0.717, 1.165) is 31.2 Å². The summed E-state index contributed by atoms with van der Waals surface area (Å²) in [6.45, 7) is 4.44. The standard InChI is InChI=1S/C19H23N3O3/c1-3-11-20-18(24)19(9-4-10-19)14-5-7-15(8-6-14)22-17(23)16-12-21-25-13(16)2/h5-8,12H,3-4,9-11H2,1-2H3,(H,20,24)(H,22,23). The van der Waals surface area contributed by atoms with Gasteiger partial charge >= 0.3 is 0 Å². The molecule has 1 saturated carbocycles. The molecule has 0 atom stereocenters. The average molecular weight is 341 g/mol. The lowest BCUT2D eigenvalue weighted by atomic mass is 9.64. The minimum atomic E-state index is -0.414. The average Bonchev–Trinajstić information content (AvgIpc) is 2.99. The van der Waals surface area contributed by atoms with Crippen molar-refractivity contribution >= 4 is 17.5 Å². The number of amides is 2. The minimum absolute atomic E-state index is 0.109. The van der Waals surface area contributed by atoms with Crippen LogP contribution in [0.2, 0.25) is 0 Å². The third-order valence-corrected chi connectivity index (χ3v) is 4.87. The molecule has 1 aliphatic carbocycles. The van der Waals surface area contributed by atoms with Crippen LogP contribution in [0, 0.1) is 6.92 Å². The van der Waals surface area contributed by atoms with Gasteiger partial charge in [0.1, 0.15) is 11.3 Å². The summed E-state index contributed by atoms with van der Waals surface area (Å²) >= 11 is 0. The van der Waals surface area contributed by atoms with E-state index in [1.54, 1.807) is 6.92 Å². The molecular formula is C19H23N3O3. The van der Waals surface area contributed by atoms with E-state index in [1.165, 1.54) is 6.20 Å². The molecule has 1 fully saturated rings. The number of nitrogens with one attached hydrogen (secondary N) is 2. The lowest BCUT2D eigenvalue weighted by molar-refractivity contribution is -0.129. The summed E-state index contributed by atoms with van der Waals surface area (Å²) < 4.78 is 4.91. The SMILES string of the molecule is CCCNC(=O)C1(c2ccc(NC(=O)c3cnoc3C)cc2)CCC1. The van der Waals surface area contributed by atoms with E-state index in [4.69, 9.17) is 4.52 Å². The Morgan fingerprint density at radius 3 is 2.48 bits per heavy atom. The molecule has 0 aliphatic heterocycles. The van der Waals surface area contributed by atoms with E-state index in [1.807, 2.05) is 31.2 Å². The fraction of sp³-hybridized carbons (Fsp3) is 0.421. The molecule has 2 aromatic rings. The Kier molecular flexibility index (Phi) is 4.88. The fourth-order valence-corrected chi connectivity index (χ4v) is 3.17. The van der Waals surface area contributed by atoms with Crippen LogP contribution in [0.1, 0.15) is 54.3 Å². The van der Waals surface area contributed by atoms with Crippen molar-refractivity contribution in [1.82, 2.24) is 10.5 Å². The van der Waals surface area contributed by atoms with Crippen LogP contribution >= 0.6 is 0 Å². The highest BCUT2D eigenvalue weighted by atomic mass is 16.5. The number of hydrogen-bond acceptors (Lipinski definition) is 4. The maximum Gasteiger partial charge on any atom is 0.260 e. The highest BCUT2D eigenvalue weighted by Crippen LogP contribution is 2.44. The summed E-state index contributed by atoms with van der Waals surface area (Å²) in [4.78, 5) is 24.8. The van der Waals surface area contributed by atoms with E-state index in [2.05, 4.69) is 15.8 Å². The van der Waals surface area contributed by atoms with Crippen molar-refractivity contribution in [3.05, 3.63) is 47.3 Å². The Hall–Kier alpha value is -2.63. The van der Waals surface area contributed by atoms with E-state index in [9.17, 15) is 9.59 Å². The topological polar surface area (TPSA) is 84.2 Å². The summed E-state index contributed by atoms with van der Waals surface area (Å²) in [5.41, 5.74) is 1.69. The molecule has 0 bridgehead atoms. The number of carbonyl (C=O) groups excluding carboxylic acids is 2. The number of carbonyl (C=O) groups is 2. The lowest BCUT2D eigenvalue weighted by Crippen LogP contribution is -2.49. The van der Waals surface area contributed by atoms with Crippen molar-refractivity contribution in [2.75, 3.05) is 11.9 Å². The van der Waals surface area contributed by atoms with Crippen LogP contribution in [0.15, 0.2) is 35.0 Å². The van der Waals surface area contributed by atoms with E-state index < -0.39 is 5.41 Å². The predicted octanol–water partition coefficient (Wildman–Crippen LogP) is 3.18. The van der Waals surface area contributed by atoms with Crippen molar-refractivity contribution in [3.63, 3.8) is 0 Å². The Morgan fingerprint density at radius 1 is 1.24 bits per heavy atom. The summed E-state index contributed by atoms with van der Waals surface area (Å²) in [5, 5.41) is 9.46. The van der Waals surface area contributed by atoms with Gasteiger partial charge in [-0.3, -0.25) is 9.59 Å². The third kappa shape index (κ3) is 3.29. The zero-order valence-electron chi connectivity index (χ0n) is 14.6. The molecule has 6 heteroatoms. The largest absolute Gasteiger partial charge is 0.361 e. The molecule has 0 unspecified atom stereocenters. The Balaban J connectivity index is 1.72. The van der Waals surface area contributed by atoms with Gasteiger partial charge in [0.25, 0.3) is 5.91 Å². The van der Waals surface area contributed by atoms with Crippen LogP contribution in [0.3, 0.4) is 0 Å². The first kappa shape index (κ1) is 17.2. The first-order valence-corrected chi connectivity index (χ1v) is 8.68. The Bertz CT molecular complexity index is 760. The third-order valence-electron chi connectivity index (χ3n) is 4.87. The zero-order chi connectivity index (χ0) is 17.9. The highest BCUT2D eigenvalue weighted by Gasteiger charge is 2.45. The molecule has 0 spiro atoms. The predicted molar refractivity (Wildman–Crippen MR) is 94.5 cm³/mol. The van der Waals surface area contributed by atoms with Gasteiger partial charge in [-0.1, -0.05) is 30.6 Å². The quantitative estimate of drug-likeness (QED) is 0.845. The van der Waals surface area contributed by atoms with E-state index in [-0.39, 0.29) is 11.8 Å². The van der Waals surface area contributed by atoms with Crippen molar-refractivity contribution in [3.8, 4) is 0 Å². The highest BCUT2D eigenvalue weighted by molar-refractivity contribution is 6.04. The molecule has 0 radical (unpaired) electrons. The van der Waals surface area contributed by atoms with Crippen LogP contribution in [0.25, 0.3) is 0 Å². The second-order valence-electron chi connectivity index (χ2n) is 6.52. The zero-order valence-corrected chi connectivity index (χ0v) is 14.6. The van der Waals surface area contributed by atoms with Gasteiger partial charge in [0.2, 0.25) is 5.91 Å². The summed E-state index contributed by atoms with van der Waals surface area (Å²) in [5.74, 6) is 0.332. The molecule has 6 nitrogen and oxygen atoms in total. The van der Waals surface area contributed by atoms with Crippen molar-refractivity contribution in [1.29, 1.82) is 0 Å². The number of anilines is 1. The maximum atomic E-state index is 12.6. The first-order chi connectivity index (χ1) is 12.1. The van der Waals surface area contributed by atoms with Crippen LogP contribution in [0.4, 0.5) is 5.69 Å². The Morgan fingerprint density at radius 2 is 1.96 bits per heavy atom. The monoisotopic (exact) mass is 341 g/mol. The van der Waals surface area contributed by atoms with Gasteiger partial charge in [0, 0.05) is 12.2 Å². The number of aromatic nitrogens is 1. The molecule has 2 amide bonds. The number of aryl methyl sites for hydroxylation is 1. The summed E-state index contributed by atoms with van der Waals surface area (Å²) in [6, 6.07) is 7.54. The summed E-state index contributed by atoms with van der Waals surface area (Å²) in [6.07, 6.45) is 5.13. The summed E-state index contributed by atoms with van der Waals surface area (Å²) in [7, 11) is 0. The molecule has 1 heterocycles. The van der Waals surface area contributed by atoms with Crippen LogP contribution in [-0.4, -0.2) is 23.5 Å². The van der Waals surface area contributed by atoms with Crippen molar-refractivity contribution in [2.24, 2.45) is 0 Å². The van der Waals surface area contributed by atoms with Crippen LogP contribution in [-0.2, 0) is 10.2 Å². The smallest absolute Gasteiger partial charge is 0.260 e. The number of benzene rings is 1. The van der Waals surface area contributed by atoms with Gasteiger partial charge in [-0.15, -0.1) is 0 Å². The molecule has 132 valence electrons. The molecule has 1 aromatic heterocycles. The van der Waals surface area contributed by atoms with E-state index >= 15 is 0 Å². The van der Waals surface area contributed by atoms with E-state index in [0.29, 0.717) is 23.6 Å². The number of hydrogen-bond donors (Lipinski definition) is 2. The minimum Gasteiger partial charge on any atom is -0.361 e. The molecular weight excluding hydrogens is 318 g/mol. The number of nitrogens with zero attached hydrogens (tertiary/aromatic N) is 1. The van der Waals surface area contributed by atoms with Gasteiger partial charge in [0.15, 0.2) is 0 Å². The maximum absolute atomic E-state index is 12.6. The number of rotatable bonds is 6. The van der Waals surface area contributed by atoms with Crippen molar-refractivity contribution < 1.29 is 14.1 Å². The molecule has 2 N–H and O–H groups in total. The van der Waals surface area contributed by atoms with Gasteiger partial charge in [-0.25, -0.2) is 0 Å². The van der Waals surface area contributed by atoms with Crippen molar-refractivity contribution in [2.45, 2.75) is 44.9 Å². The normalized spacial score (nSPS) is 15.3. The lowest BCUT2D eigenvalue weighted by Gasteiger charge is -2.40. The van der Waals surface area contributed by atoms with Gasteiger partial charge < -0.3 is 15.2 Å². The molecule has 1 aromatic carbocycles. The van der Waals surface area contributed by atoms with Crippen LogP contribution in [0.5, 0.6) is 0 Å². The first-order valence-electron chi connectivity index (χ1n) is 8.68. The van der Waals surface area contributed by atoms with Crippen LogP contribution < -0.4 is 10.6 Å².